The highest BCUT2D eigenvalue weighted by atomic mass is 32.2. The van der Waals surface area contributed by atoms with E-state index in [0.717, 1.165) is 16.3 Å². The van der Waals surface area contributed by atoms with E-state index in [0.29, 0.717) is 34.3 Å². The van der Waals surface area contributed by atoms with Crippen molar-refractivity contribution in [2.24, 2.45) is 0 Å². The first-order valence-electron chi connectivity index (χ1n) is 10.7. The molecule has 0 radical (unpaired) electrons. The van der Waals surface area contributed by atoms with Gasteiger partial charge in [0.05, 0.1) is 23.9 Å². The lowest BCUT2D eigenvalue weighted by Gasteiger charge is -2.33. The molecule has 0 saturated carbocycles. The minimum Gasteiger partial charge on any atom is -0.496 e. The van der Waals surface area contributed by atoms with Crippen molar-refractivity contribution in [3.05, 3.63) is 76.6 Å². The van der Waals surface area contributed by atoms with E-state index in [1.807, 2.05) is 73.8 Å². The van der Waals surface area contributed by atoms with Crippen molar-refractivity contribution in [1.29, 1.82) is 0 Å². The fraction of sp³-hybridized carbons (Fsp3) is 0.200. The normalized spacial score (nSPS) is 14.6. The lowest BCUT2D eigenvalue weighted by atomic mass is 9.96. The summed E-state index contributed by atoms with van der Waals surface area (Å²) in [6, 6.07) is 19.3. The standard InChI is InChI=1S/C25H22N4O3S/c1-4-20(30)28-18-12-8-7-11-17(18)22-23(31)26-25(33-3)27-29(22)24(28)21-16-10-6-5-9-15(16)13-14-19(21)32-2/h5-14,24H,4H2,1-3H3/p+1/t24-/m1/s1. The van der Waals surface area contributed by atoms with Gasteiger partial charge in [-0.25, -0.2) is 4.90 Å². The summed E-state index contributed by atoms with van der Waals surface area (Å²) in [4.78, 5) is 31.3. The quantitative estimate of drug-likeness (QED) is 0.370. The number of carbonyl (C=O) groups is 1. The Labute approximate surface area is 195 Å². The second-order valence-corrected chi connectivity index (χ2v) is 8.46. The van der Waals surface area contributed by atoms with Gasteiger partial charge < -0.3 is 4.74 Å². The molecular weight excluding hydrogens is 436 g/mol. The molecule has 1 amide bonds. The smallest absolute Gasteiger partial charge is 0.325 e. The number of amides is 1. The zero-order valence-electron chi connectivity index (χ0n) is 18.5. The molecule has 0 fully saturated rings. The number of para-hydroxylation sites is 1. The largest absolute Gasteiger partial charge is 0.496 e. The molecule has 1 aliphatic rings. The van der Waals surface area contributed by atoms with Gasteiger partial charge in [-0.1, -0.05) is 61.2 Å². The van der Waals surface area contributed by atoms with Crippen LogP contribution in [0.1, 0.15) is 25.1 Å². The molecule has 33 heavy (non-hydrogen) atoms. The molecule has 4 aromatic rings. The number of methoxy groups -OCH3 is 1. The number of ether oxygens (including phenoxy) is 1. The van der Waals surface area contributed by atoms with E-state index in [9.17, 15) is 9.59 Å². The Hall–Kier alpha value is -3.65. The fourth-order valence-corrected chi connectivity index (χ4v) is 4.85. The first-order chi connectivity index (χ1) is 16.1. The van der Waals surface area contributed by atoms with Gasteiger partial charge in [0.2, 0.25) is 11.1 Å². The summed E-state index contributed by atoms with van der Waals surface area (Å²) in [5.41, 5.74) is 2.27. The summed E-state index contributed by atoms with van der Waals surface area (Å²) in [5, 5.41) is 7.18. The lowest BCUT2D eigenvalue weighted by molar-refractivity contribution is -0.763. The number of H-pyrrole nitrogens is 1. The van der Waals surface area contributed by atoms with Crippen LogP contribution in [-0.4, -0.2) is 29.4 Å². The highest BCUT2D eigenvalue weighted by Gasteiger charge is 2.47. The van der Waals surface area contributed by atoms with Crippen LogP contribution in [0.3, 0.4) is 0 Å². The fourth-order valence-electron chi connectivity index (χ4n) is 4.49. The molecular formula is C25H23N4O3S+. The van der Waals surface area contributed by atoms with Crippen molar-refractivity contribution < 1.29 is 14.2 Å². The van der Waals surface area contributed by atoms with Crippen LogP contribution in [0, 0.1) is 0 Å². The molecule has 7 nitrogen and oxygen atoms in total. The molecule has 1 N–H and O–H groups in total. The van der Waals surface area contributed by atoms with E-state index in [4.69, 9.17) is 9.84 Å². The van der Waals surface area contributed by atoms with Crippen LogP contribution in [0.25, 0.3) is 22.0 Å². The zero-order valence-corrected chi connectivity index (χ0v) is 19.3. The van der Waals surface area contributed by atoms with Crippen molar-refractivity contribution in [3.63, 3.8) is 0 Å². The number of hydrogen-bond donors (Lipinski definition) is 1. The van der Waals surface area contributed by atoms with Gasteiger partial charge in [-0.2, -0.15) is 0 Å². The van der Waals surface area contributed by atoms with Crippen LogP contribution in [0.2, 0.25) is 0 Å². The summed E-state index contributed by atoms with van der Waals surface area (Å²) in [5.74, 6) is 0.548. The maximum atomic E-state index is 13.5. The van der Waals surface area contributed by atoms with E-state index in [1.54, 1.807) is 16.7 Å². The predicted molar refractivity (Wildman–Crippen MR) is 129 cm³/mol. The SMILES string of the molecule is CCC(=O)N1c2ccccc2-c2c(=O)[nH]c(SC)n[n+]2[C@@H]1c1c(OC)ccc2ccccc12. The molecule has 166 valence electrons. The van der Waals surface area contributed by atoms with E-state index in [1.165, 1.54) is 11.8 Å². The Morgan fingerprint density at radius 2 is 1.91 bits per heavy atom. The van der Waals surface area contributed by atoms with Gasteiger partial charge in [-0.3, -0.25) is 14.6 Å². The molecule has 2 heterocycles. The maximum Gasteiger partial charge on any atom is 0.325 e. The molecule has 0 bridgehead atoms. The third-order valence-electron chi connectivity index (χ3n) is 5.93. The number of benzene rings is 3. The first kappa shape index (κ1) is 21.2. The van der Waals surface area contributed by atoms with Crippen LogP contribution in [0.15, 0.2) is 70.6 Å². The Morgan fingerprint density at radius 3 is 2.67 bits per heavy atom. The van der Waals surface area contributed by atoms with Gasteiger partial charge in [-0.05, 0) is 39.9 Å². The number of fused-ring (bicyclic) bond motifs is 4. The van der Waals surface area contributed by atoms with Crippen molar-refractivity contribution in [2.45, 2.75) is 24.7 Å². The topological polar surface area (TPSA) is 79.2 Å². The summed E-state index contributed by atoms with van der Waals surface area (Å²) in [6.45, 7) is 1.83. The highest BCUT2D eigenvalue weighted by Crippen LogP contribution is 2.42. The zero-order chi connectivity index (χ0) is 23.1. The third kappa shape index (κ3) is 3.29. The Morgan fingerprint density at radius 1 is 1.15 bits per heavy atom. The predicted octanol–water partition coefficient (Wildman–Crippen LogP) is 3.91. The number of aromatic amines is 1. The molecule has 0 spiro atoms. The molecule has 5 rings (SSSR count). The number of carbonyl (C=O) groups excluding carboxylic acids is 1. The number of hydrogen-bond acceptors (Lipinski definition) is 5. The van der Waals surface area contributed by atoms with Gasteiger partial charge in [0, 0.05) is 11.5 Å². The van der Waals surface area contributed by atoms with Gasteiger partial charge in [0.1, 0.15) is 5.75 Å². The number of thioether (sulfide) groups is 1. The molecule has 1 aliphatic heterocycles. The Kier molecular flexibility index (Phi) is 5.38. The summed E-state index contributed by atoms with van der Waals surface area (Å²) in [7, 11) is 1.61. The molecule has 0 unspecified atom stereocenters. The van der Waals surface area contributed by atoms with Crippen LogP contribution < -0.4 is 19.9 Å². The van der Waals surface area contributed by atoms with E-state index >= 15 is 0 Å². The molecule has 1 atom stereocenters. The average molecular weight is 460 g/mol. The third-order valence-corrected chi connectivity index (χ3v) is 6.50. The minimum absolute atomic E-state index is 0.0756. The number of rotatable bonds is 4. The summed E-state index contributed by atoms with van der Waals surface area (Å²) >= 11 is 1.34. The molecule has 8 heteroatoms. The van der Waals surface area contributed by atoms with Crippen LogP contribution in [-0.2, 0) is 4.79 Å². The average Bonchev–Trinajstić information content (AvgIpc) is 2.86. The van der Waals surface area contributed by atoms with Gasteiger partial charge >= 0.3 is 11.3 Å². The number of anilines is 1. The van der Waals surface area contributed by atoms with Crippen molar-refractivity contribution in [2.75, 3.05) is 18.3 Å². The molecule has 0 saturated heterocycles. The van der Waals surface area contributed by atoms with Gasteiger partial charge in [-0.15, -0.1) is 0 Å². The lowest BCUT2D eigenvalue weighted by Crippen LogP contribution is -2.61. The van der Waals surface area contributed by atoms with Crippen LogP contribution >= 0.6 is 11.8 Å². The number of nitrogens with one attached hydrogen (secondary N) is 1. The molecule has 1 aromatic heterocycles. The van der Waals surface area contributed by atoms with E-state index in [-0.39, 0.29) is 11.5 Å². The Bertz CT molecular complexity index is 1450. The van der Waals surface area contributed by atoms with Gasteiger partial charge in [0.15, 0.2) is 0 Å². The van der Waals surface area contributed by atoms with E-state index < -0.39 is 6.17 Å². The summed E-state index contributed by atoms with van der Waals surface area (Å²) in [6.07, 6.45) is 1.45. The maximum absolute atomic E-state index is 13.5. The Balaban J connectivity index is 1.95. The number of aromatic nitrogens is 3. The van der Waals surface area contributed by atoms with Crippen LogP contribution in [0.5, 0.6) is 5.75 Å². The highest BCUT2D eigenvalue weighted by molar-refractivity contribution is 7.98. The van der Waals surface area contributed by atoms with Gasteiger partial charge in [0.25, 0.3) is 6.17 Å². The monoisotopic (exact) mass is 459 g/mol. The van der Waals surface area contributed by atoms with Crippen molar-refractivity contribution in [1.82, 2.24) is 10.1 Å². The molecule has 3 aromatic carbocycles. The molecule has 0 aliphatic carbocycles. The first-order valence-corrected chi connectivity index (χ1v) is 11.9. The van der Waals surface area contributed by atoms with Crippen molar-refractivity contribution >= 4 is 34.1 Å². The number of nitrogens with zero attached hydrogens (tertiary/aromatic N) is 3. The summed E-state index contributed by atoms with van der Waals surface area (Å²) < 4.78 is 7.46. The van der Waals surface area contributed by atoms with Crippen molar-refractivity contribution in [3.8, 4) is 17.0 Å². The second kappa shape index (κ2) is 8.37. The van der Waals surface area contributed by atoms with E-state index in [2.05, 4.69) is 4.98 Å². The minimum atomic E-state index is -0.698. The second-order valence-electron chi connectivity index (χ2n) is 7.67. The van der Waals surface area contributed by atoms with Crippen LogP contribution in [0.4, 0.5) is 5.69 Å².